The normalized spacial score (nSPS) is 8.25. The molecule has 0 aliphatic carbocycles. The summed E-state index contributed by atoms with van der Waals surface area (Å²) in [6.07, 6.45) is 1.71. The van der Waals surface area contributed by atoms with Crippen LogP contribution in [0.5, 0.6) is 0 Å². The molecule has 0 rings (SSSR count). The standard InChI is InChI=1S/C5H12O.CH5N/c1-3-5(6)4-2;1-2/h5-6H,3-4H2,1-2H3;2H2,1H3. The molecule has 0 heterocycles. The summed E-state index contributed by atoms with van der Waals surface area (Å²) in [5.41, 5.74) is 4.50. The topological polar surface area (TPSA) is 46.2 Å². The Morgan fingerprint density at radius 3 is 1.50 bits per heavy atom. The highest BCUT2D eigenvalue weighted by molar-refractivity contribution is 4.43. The minimum atomic E-state index is -0.0648. The molecule has 0 fully saturated rings. The monoisotopic (exact) mass is 119 g/mol. The van der Waals surface area contributed by atoms with Gasteiger partial charge in [0.25, 0.3) is 0 Å². The van der Waals surface area contributed by atoms with E-state index < -0.39 is 0 Å². The smallest absolute Gasteiger partial charge is 0.0535 e. The first-order chi connectivity index (χ1) is 3.81. The second-order valence-corrected chi connectivity index (χ2v) is 1.47. The minimum absolute atomic E-state index is 0.0648. The van der Waals surface area contributed by atoms with Gasteiger partial charge in [-0.3, -0.25) is 0 Å². The number of nitrogens with two attached hydrogens (primary N) is 1. The second-order valence-electron chi connectivity index (χ2n) is 1.47. The van der Waals surface area contributed by atoms with Crippen molar-refractivity contribution in [2.75, 3.05) is 7.05 Å². The van der Waals surface area contributed by atoms with Crippen LogP contribution in [0.1, 0.15) is 26.7 Å². The highest BCUT2D eigenvalue weighted by atomic mass is 16.3. The van der Waals surface area contributed by atoms with E-state index in [0.29, 0.717) is 0 Å². The third-order valence-electron chi connectivity index (χ3n) is 0.942. The largest absolute Gasteiger partial charge is 0.393 e. The van der Waals surface area contributed by atoms with Gasteiger partial charge >= 0.3 is 0 Å². The molecule has 0 unspecified atom stereocenters. The number of aliphatic hydroxyl groups is 1. The summed E-state index contributed by atoms with van der Waals surface area (Å²) in [5, 5.41) is 8.67. The first kappa shape index (κ1) is 10.8. The second kappa shape index (κ2) is 10.0. The molecule has 0 aromatic carbocycles. The van der Waals surface area contributed by atoms with Crippen molar-refractivity contribution in [3.63, 3.8) is 0 Å². The van der Waals surface area contributed by atoms with Crippen molar-refractivity contribution in [1.82, 2.24) is 0 Å². The average Bonchev–Trinajstić information content (AvgIpc) is 1.91. The Kier molecular flexibility index (Phi) is 13.6. The molecule has 2 heteroatoms. The molecule has 0 aromatic heterocycles. The molecule has 0 amide bonds. The van der Waals surface area contributed by atoms with Gasteiger partial charge in [-0.05, 0) is 19.9 Å². The van der Waals surface area contributed by atoms with Crippen LogP contribution in [0.3, 0.4) is 0 Å². The van der Waals surface area contributed by atoms with Crippen LogP contribution in [0.25, 0.3) is 0 Å². The zero-order valence-corrected chi connectivity index (χ0v) is 6.02. The van der Waals surface area contributed by atoms with Crippen molar-refractivity contribution >= 4 is 0 Å². The van der Waals surface area contributed by atoms with Crippen LogP contribution < -0.4 is 5.73 Å². The maximum absolute atomic E-state index is 8.67. The summed E-state index contributed by atoms with van der Waals surface area (Å²) < 4.78 is 0. The molecule has 0 aliphatic rings. The van der Waals surface area contributed by atoms with Gasteiger partial charge in [0.05, 0.1) is 6.10 Å². The fraction of sp³-hybridized carbons (Fsp3) is 1.00. The molecule has 3 N–H and O–H groups in total. The van der Waals surface area contributed by atoms with Crippen molar-refractivity contribution < 1.29 is 5.11 Å². The SMILES string of the molecule is CCC(O)CC.CN. The van der Waals surface area contributed by atoms with Gasteiger partial charge in [0, 0.05) is 0 Å². The van der Waals surface area contributed by atoms with Gasteiger partial charge in [-0.1, -0.05) is 13.8 Å². The van der Waals surface area contributed by atoms with E-state index in [9.17, 15) is 0 Å². The Balaban J connectivity index is 0. The molecule has 8 heavy (non-hydrogen) atoms. The summed E-state index contributed by atoms with van der Waals surface area (Å²) in [6, 6.07) is 0. The zero-order valence-electron chi connectivity index (χ0n) is 6.02. The predicted molar refractivity (Wildman–Crippen MR) is 36.7 cm³/mol. The van der Waals surface area contributed by atoms with Gasteiger partial charge < -0.3 is 10.8 Å². The van der Waals surface area contributed by atoms with Crippen molar-refractivity contribution in [3.05, 3.63) is 0 Å². The lowest BCUT2D eigenvalue weighted by molar-refractivity contribution is 0.166. The van der Waals surface area contributed by atoms with Crippen LogP contribution in [0.15, 0.2) is 0 Å². The fourth-order valence-corrected chi connectivity index (χ4v) is 0.289. The Morgan fingerprint density at radius 1 is 1.25 bits per heavy atom. The lowest BCUT2D eigenvalue weighted by Gasteiger charge is -1.98. The zero-order chi connectivity index (χ0) is 6.99. The van der Waals surface area contributed by atoms with E-state index in [-0.39, 0.29) is 6.10 Å². The molecule has 0 aromatic rings. The van der Waals surface area contributed by atoms with E-state index in [1.807, 2.05) is 13.8 Å². The summed E-state index contributed by atoms with van der Waals surface area (Å²) in [5.74, 6) is 0. The number of hydrogen-bond donors (Lipinski definition) is 2. The Morgan fingerprint density at radius 2 is 1.50 bits per heavy atom. The molecule has 0 spiro atoms. The lowest BCUT2D eigenvalue weighted by Crippen LogP contribution is -1.99. The molecule has 0 saturated carbocycles. The van der Waals surface area contributed by atoms with Crippen molar-refractivity contribution in [3.8, 4) is 0 Å². The molecule has 0 saturated heterocycles. The fourth-order valence-electron chi connectivity index (χ4n) is 0.289. The first-order valence-electron chi connectivity index (χ1n) is 3.07. The Hall–Kier alpha value is -0.0800. The van der Waals surface area contributed by atoms with Crippen LogP contribution in [0.2, 0.25) is 0 Å². The van der Waals surface area contributed by atoms with E-state index in [1.165, 1.54) is 7.05 Å². The number of rotatable bonds is 2. The molecular formula is C6H17NO. The van der Waals surface area contributed by atoms with Gasteiger partial charge in [-0.15, -0.1) is 0 Å². The minimum Gasteiger partial charge on any atom is -0.393 e. The van der Waals surface area contributed by atoms with Gasteiger partial charge in [-0.2, -0.15) is 0 Å². The molecule has 0 radical (unpaired) electrons. The third-order valence-corrected chi connectivity index (χ3v) is 0.942. The molecule has 0 aliphatic heterocycles. The van der Waals surface area contributed by atoms with Crippen LogP contribution in [-0.2, 0) is 0 Å². The number of aliphatic hydroxyl groups excluding tert-OH is 1. The molecule has 2 nitrogen and oxygen atoms in total. The summed E-state index contributed by atoms with van der Waals surface area (Å²) >= 11 is 0. The average molecular weight is 119 g/mol. The molecular weight excluding hydrogens is 102 g/mol. The van der Waals surface area contributed by atoms with Crippen LogP contribution in [0.4, 0.5) is 0 Å². The molecule has 52 valence electrons. The molecule has 0 atom stereocenters. The van der Waals surface area contributed by atoms with Crippen LogP contribution >= 0.6 is 0 Å². The quantitative estimate of drug-likeness (QED) is 0.563. The predicted octanol–water partition coefficient (Wildman–Crippen LogP) is 0.742. The number of hydrogen-bond acceptors (Lipinski definition) is 2. The first-order valence-corrected chi connectivity index (χ1v) is 3.07. The van der Waals surface area contributed by atoms with Crippen LogP contribution in [-0.4, -0.2) is 18.3 Å². The van der Waals surface area contributed by atoms with Crippen molar-refractivity contribution in [2.24, 2.45) is 5.73 Å². The van der Waals surface area contributed by atoms with Gasteiger partial charge in [0.15, 0.2) is 0 Å². The van der Waals surface area contributed by atoms with Crippen LogP contribution in [0, 0.1) is 0 Å². The van der Waals surface area contributed by atoms with E-state index >= 15 is 0 Å². The summed E-state index contributed by atoms with van der Waals surface area (Å²) in [4.78, 5) is 0. The maximum atomic E-state index is 8.67. The van der Waals surface area contributed by atoms with E-state index in [0.717, 1.165) is 12.8 Å². The van der Waals surface area contributed by atoms with Gasteiger partial charge in [-0.25, -0.2) is 0 Å². The van der Waals surface area contributed by atoms with E-state index in [2.05, 4.69) is 5.73 Å². The van der Waals surface area contributed by atoms with Crippen molar-refractivity contribution in [2.45, 2.75) is 32.8 Å². The van der Waals surface area contributed by atoms with Gasteiger partial charge in [0.2, 0.25) is 0 Å². The van der Waals surface area contributed by atoms with E-state index in [4.69, 9.17) is 5.11 Å². The highest BCUT2D eigenvalue weighted by Crippen LogP contribution is 1.91. The highest BCUT2D eigenvalue weighted by Gasteiger charge is 1.90. The summed E-state index contributed by atoms with van der Waals surface area (Å²) in [6.45, 7) is 3.96. The van der Waals surface area contributed by atoms with Crippen molar-refractivity contribution in [1.29, 1.82) is 0 Å². The molecule has 0 bridgehead atoms. The third kappa shape index (κ3) is 9.33. The van der Waals surface area contributed by atoms with E-state index in [1.54, 1.807) is 0 Å². The van der Waals surface area contributed by atoms with Gasteiger partial charge in [0.1, 0.15) is 0 Å². The lowest BCUT2D eigenvalue weighted by atomic mass is 10.2. The maximum Gasteiger partial charge on any atom is 0.0535 e. The Labute approximate surface area is 51.7 Å². The summed E-state index contributed by atoms with van der Waals surface area (Å²) in [7, 11) is 1.50. The Bertz CT molecular complexity index is 27.7.